The van der Waals surface area contributed by atoms with E-state index in [0.29, 0.717) is 18.5 Å². The molecule has 0 saturated heterocycles. The van der Waals surface area contributed by atoms with Crippen LogP contribution in [0.3, 0.4) is 0 Å². The zero-order valence-corrected chi connectivity index (χ0v) is 14.9. The molecule has 0 fully saturated rings. The third-order valence-electron chi connectivity index (χ3n) is 4.05. The minimum absolute atomic E-state index is 0.130. The predicted molar refractivity (Wildman–Crippen MR) is 100 cm³/mol. The fraction of sp³-hybridized carbons (Fsp3) is 0.250. The highest BCUT2D eigenvalue weighted by Gasteiger charge is 2.10. The van der Waals surface area contributed by atoms with E-state index in [9.17, 15) is 4.79 Å². The lowest BCUT2D eigenvalue weighted by Crippen LogP contribution is -2.25. The van der Waals surface area contributed by atoms with Gasteiger partial charge in [-0.3, -0.25) is 4.79 Å². The summed E-state index contributed by atoms with van der Waals surface area (Å²) in [5, 5.41) is 9.90. The van der Waals surface area contributed by atoms with Gasteiger partial charge in [-0.05, 0) is 42.7 Å². The minimum Gasteiger partial charge on any atom is -0.341 e. The summed E-state index contributed by atoms with van der Waals surface area (Å²) >= 11 is 1.70. The smallest absolute Gasteiger partial charge is 0.222 e. The summed E-state index contributed by atoms with van der Waals surface area (Å²) in [6.45, 7) is 0.561. The third kappa shape index (κ3) is 4.43. The van der Waals surface area contributed by atoms with Crippen molar-refractivity contribution < 1.29 is 4.79 Å². The predicted octanol–water partition coefficient (Wildman–Crippen LogP) is 4.15. The van der Waals surface area contributed by atoms with Crippen molar-refractivity contribution in [3.8, 4) is 6.07 Å². The molecule has 25 heavy (non-hydrogen) atoms. The first kappa shape index (κ1) is 17.1. The van der Waals surface area contributed by atoms with E-state index in [1.165, 1.54) is 4.70 Å². The van der Waals surface area contributed by atoms with Gasteiger partial charge < -0.3 is 4.90 Å². The number of nitriles is 1. The molecular formula is C20H19N3OS. The molecule has 1 aromatic heterocycles. The van der Waals surface area contributed by atoms with E-state index >= 15 is 0 Å². The van der Waals surface area contributed by atoms with Crippen LogP contribution in [0.15, 0.2) is 48.5 Å². The lowest BCUT2D eigenvalue weighted by Gasteiger charge is -2.17. The number of aryl methyl sites for hydroxylation is 1. The largest absolute Gasteiger partial charge is 0.341 e. The molecule has 3 aromatic rings. The molecule has 5 heteroatoms. The van der Waals surface area contributed by atoms with E-state index in [4.69, 9.17) is 5.26 Å². The Bertz CT molecular complexity index is 876. The number of para-hydroxylation sites is 1. The number of fused-ring (bicyclic) bond motifs is 1. The summed E-state index contributed by atoms with van der Waals surface area (Å²) < 4.78 is 1.20. The number of aromatic nitrogens is 1. The molecule has 4 nitrogen and oxygen atoms in total. The number of benzene rings is 2. The van der Waals surface area contributed by atoms with Gasteiger partial charge in [0.05, 0.1) is 26.9 Å². The average Bonchev–Trinajstić information content (AvgIpc) is 3.05. The Morgan fingerprint density at radius 2 is 1.96 bits per heavy atom. The molecule has 0 bridgehead atoms. The molecule has 0 aliphatic heterocycles. The van der Waals surface area contributed by atoms with Gasteiger partial charge in [-0.15, -0.1) is 11.3 Å². The van der Waals surface area contributed by atoms with Crippen LogP contribution >= 0.6 is 11.3 Å². The first-order valence-electron chi connectivity index (χ1n) is 8.23. The quantitative estimate of drug-likeness (QED) is 0.672. The summed E-state index contributed by atoms with van der Waals surface area (Å²) in [7, 11) is 1.82. The number of thiazole rings is 1. The van der Waals surface area contributed by atoms with Crippen LogP contribution in [0, 0.1) is 11.3 Å². The molecule has 0 unspecified atom stereocenters. The van der Waals surface area contributed by atoms with Crippen LogP contribution < -0.4 is 0 Å². The van der Waals surface area contributed by atoms with Crippen LogP contribution in [0.5, 0.6) is 0 Å². The summed E-state index contributed by atoms with van der Waals surface area (Å²) in [5.74, 6) is 0.130. The summed E-state index contributed by atoms with van der Waals surface area (Å²) in [6, 6.07) is 17.5. The monoisotopic (exact) mass is 349 g/mol. The van der Waals surface area contributed by atoms with E-state index < -0.39 is 0 Å². The van der Waals surface area contributed by atoms with Crippen LogP contribution in [0.1, 0.15) is 29.0 Å². The van der Waals surface area contributed by atoms with Gasteiger partial charge in [0.15, 0.2) is 0 Å². The highest BCUT2D eigenvalue weighted by atomic mass is 32.1. The summed E-state index contributed by atoms with van der Waals surface area (Å²) in [6.07, 6.45) is 2.15. The third-order valence-corrected chi connectivity index (χ3v) is 5.14. The van der Waals surface area contributed by atoms with Crippen molar-refractivity contribution in [2.24, 2.45) is 0 Å². The fourth-order valence-corrected chi connectivity index (χ4v) is 3.66. The number of nitrogens with zero attached hydrogens (tertiary/aromatic N) is 3. The molecule has 0 saturated carbocycles. The van der Waals surface area contributed by atoms with Gasteiger partial charge in [0.1, 0.15) is 0 Å². The molecule has 1 amide bonds. The lowest BCUT2D eigenvalue weighted by molar-refractivity contribution is -0.130. The Kier molecular flexibility index (Phi) is 5.42. The van der Waals surface area contributed by atoms with Crippen LogP contribution in [-0.2, 0) is 17.8 Å². The van der Waals surface area contributed by atoms with Crippen molar-refractivity contribution in [3.63, 3.8) is 0 Å². The zero-order valence-electron chi connectivity index (χ0n) is 14.1. The van der Waals surface area contributed by atoms with E-state index in [-0.39, 0.29) is 5.91 Å². The molecule has 0 spiro atoms. The second kappa shape index (κ2) is 7.91. The number of carbonyl (C=O) groups excluding carboxylic acids is 1. The van der Waals surface area contributed by atoms with Gasteiger partial charge in [0.25, 0.3) is 0 Å². The molecular weight excluding hydrogens is 330 g/mol. The maximum Gasteiger partial charge on any atom is 0.222 e. The standard InChI is InChI=1S/C20H19N3OS/c1-23(14-16-11-9-15(13-21)10-12-16)20(24)8-4-7-19-22-17-5-2-3-6-18(17)25-19/h2-3,5-6,9-12H,4,7-8,14H2,1H3. The number of rotatable bonds is 6. The van der Waals surface area contributed by atoms with E-state index in [2.05, 4.69) is 17.1 Å². The van der Waals surface area contributed by atoms with E-state index in [0.717, 1.165) is 28.9 Å². The lowest BCUT2D eigenvalue weighted by atomic mass is 10.1. The highest BCUT2D eigenvalue weighted by molar-refractivity contribution is 7.18. The number of carbonyl (C=O) groups is 1. The molecule has 3 rings (SSSR count). The van der Waals surface area contributed by atoms with E-state index in [1.54, 1.807) is 28.4 Å². The van der Waals surface area contributed by atoms with Crippen LogP contribution in [0.25, 0.3) is 10.2 Å². The van der Waals surface area contributed by atoms with Crippen LogP contribution in [0.4, 0.5) is 0 Å². The van der Waals surface area contributed by atoms with Gasteiger partial charge >= 0.3 is 0 Å². The zero-order chi connectivity index (χ0) is 17.6. The Balaban J connectivity index is 1.48. The Hall–Kier alpha value is -2.71. The number of amides is 1. The van der Waals surface area contributed by atoms with Crippen molar-refractivity contribution >= 4 is 27.5 Å². The maximum absolute atomic E-state index is 12.3. The minimum atomic E-state index is 0.130. The highest BCUT2D eigenvalue weighted by Crippen LogP contribution is 2.22. The van der Waals surface area contributed by atoms with Gasteiger partial charge in [-0.25, -0.2) is 4.98 Å². The van der Waals surface area contributed by atoms with Gasteiger partial charge in [-0.1, -0.05) is 24.3 Å². The molecule has 126 valence electrons. The Morgan fingerprint density at radius 1 is 1.20 bits per heavy atom. The molecule has 2 aromatic carbocycles. The average molecular weight is 349 g/mol. The van der Waals surface area contributed by atoms with Gasteiger partial charge in [0, 0.05) is 20.0 Å². The second-order valence-electron chi connectivity index (χ2n) is 5.99. The van der Waals surface area contributed by atoms with Gasteiger partial charge in [-0.2, -0.15) is 5.26 Å². The second-order valence-corrected chi connectivity index (χ2v) is 7.10. The van der Waals surface area contributed by atoms with Crippen LogP contribution in [-0.4, -0.2) is 22.8 Å². The number of hydrogen-bond donors (Lipinski definition) is 0. The van der Waals surface area contributed by atoms with E-state index in [1.807, 2.05) is 37.4 Å². The van der Waals surface area contributed by atoms with Crippen molar-refractivity contribution in [2.75, 3.05) is 7.05 Å². The fourth-order valence-electron chi connectivity index (χ4n) is 2.66. The van der Waals surface area contributed by atoms with Crippen molar-refractivity contribution in [2.45, 2.75) is 25.8 Å². The summed E-state index contributed by atoms with van der Waals surface area (Å²) in [5.41, 5.74) is 2.70. The van der Waals surface area contributed by atoms with Crippen molar-refractivity contribution in [1.82, 2.24) is 9.88 Å². The molecule has 0 aliphatic rings. The molecule has 0 aliphatic carbocycles. The topological polar surface area (TPSA) is 57.0 Å². The molecule has 1 heterocycles. The normalized spacial score (nSPS) is 10.6. The maximum atomic E-state index is 12.3. The molecule has 0 radical (unpaired) electrons. The first-order chi connectivity index (χ1) is 12.2. The SMILES string of the molecule is CN(Cc1ccc(C#N)cc1)C(=O)CCCc1nc2ccccc2s1. The number of hydrogen-bond acceptors (Lipinski definition) is 4. The Morgan fingerprint density at radius 3 is 2.68 bits per heavy atom. The van der Waals surface area contributed by atoms with Crippen molar-refractivity contribution in [3.05, 3.63) is 64.7 Å². The molecule has 0 atom stereocenters. The van der Waals surface area contributed by atoms with Crippen molar-refractivity contribution in [1.29, 1.82) is 5.26 Å². The Labute approximate surface area is 151 Å². The summed E-state index contributed by atoms with van der Waals surface area (Å²) in [4.78, 5) is 18.6. The van der Waals surface area contributed by atoms with Crippen LogP contribution in [0.2, 0.25) is 0 Å². The molecule has 0 N–H and O–H groups in total. The first-order valence-corrected chi connectivity index (χ1v) is 9.05. The van der Waals surface area contributed by atoms with Gasteiger partial charge in [0.2, 0.25) is 5.91 Å².